The van der Waals surface area contributed by atoms with E-state index in [2.05, 4.69) is 29.6 Å². The van der Waals surface area contributed by atoms with Gasteiger partial charge in [-0.15, -0.1) is 0 Å². The molecule has 1 aromatic heterocycles. The van der Waals surface area contributed by atoms with Crippen LogP contribution < -0.4 is 10.6 Å². The predicted octanol–water partition coefficient (Wildman–Crippen LogP) is 3.81. The van der Waals surface area contributed by atoms with Gasteiger partial charge < -0.3 is 10.6 Å². The zero-order valence-corrected chi connectivity index (χ0v) is 14.0. The van der Waals surface area contributed by atoms with Crippen LogP contribution in [0.5, 0.6) is 0 Å². The van der Waals surface area contributed by atoms with E-state index in [1.807, 2.05) is 6.20 Å². The Morgan fingerprint density at radius 3 is 2.95 bits per heavy atom. The maximum atomic E-state index is 13.0. The van der Waals surface area contributed by atoms with E-state index in [9.17, 15) is 4.39 Å². The molecule has 0 spiro atoms. The molecule has 2 rings (SSSR count). The van der Waals surface area contributed by atoms with Gasteiger partial charge in [0.05, 0.1) is 18.4 Å². The predicted molar refractivity (Wildman–Crippen MR) is 91.8 cm³/mol. The highest BCUT2D eigenvalue weighted by molar-refractivity contribution is 7.80. The second-order valence-electron chi connectivity index (χ2n) is 5.07. The van der Waals surface area contributed by atoms with Gasteiger partial charge in [0.15, 0.2) is 5.11 Å². The van der Waals surface area contributed by atoms with Crippen LogP contribution >= 0.6 is 23.8 Å². The highest BCUT2D eigenvalue weighted by Crippen LogP contribution is 2.18. The Morgan fingerprint density at radius 1 is 1.50 bits per heavy atom. The van der Waals surface area contributed by atoms with Gasteiger partial charge in [-0.2, -0.15) is 5.10 Å². The first kappa shape index (κ1) is 16.7. The maximum absolute atomic E-state index is 13.0. The van der Waals surface area contributed by atoms with Gasteiger partial charge in [0.25, 0.3) is 0 Å². The quantitative estimate of drug-likeness (QED) is 0.812. The van der Waals surface area contributed by atoms with Crippen LogP contribution in [-0.4, -0.2) is 20.9 Å². The van der Waals surface area contributed by atoms with Gasteiger partial charge in [0, 0.05) is 17.3 Å². The fourth-order valence-electron chi connectivity index (χ4n) is 1.83. The molecule has 1 atom stereocenters. The summed E-state index contributed by atoms with van der Waals surface area (Å²) in [7, 11) is 0. The van der Waals surface area contributed by atoms with Gasteiger partial charge in [0.1, 0.15) is 5.82 Å². The number of rotatable bonds is 5. The normalized spacial score (nSPS) is 12.0. The molecule has 118 valence electrons. The second-order valence-corrected chi connectivity index (χ2v) is 5.89. The van der Waals surface area contributed by atoms with Gasteiger partial charge in [-0.1, -0.05) is 24.6 Å². The van der Waals surface area contributed by atoms with Crippen molar-refractivity contribution in [1.29, 1.82) is 0 Å². The van der Waals surface area contributed by atoms with Crippen molar-refractivity contribution in [3.8, 4) is 0 Å². The van der Waals surface area contributed by atoms with Crippen LogP contribution in [0, 0.1) is 5.82 Å². The molecular weight excluding hydrogens is 323 g/mol. The number of hydrogen-bond acceptors (Lipinski definition) is 2. The Morgan fingerprint density at radius 2 is 2.27 bits per heavy atom. The van der Waals surface area contributed by atoms with Crippen LogP contribution in [0.3, 0.4) is 0 Å². The number of benzene rings is 1. The van der Waals surface area contributed by atoms with Crippen molar-refractivity contribution in [2.75, 3.05) is 5.32 Å². The summed E-state index contributed by atoms with van der Waals surface area (Å²) in [4.78, 5) is 0. The summed E-state index contributed by atoms with van der Waals surface area (Å²) >= 11 is 11.2. The molecule has 22 heavy (non-hydrogen) atoms. The Balaban J connectivity index is 1.98. The fourth-order valence-corrected chi connectivity index (χ4v) is 2.38. The van der Waals surface area contributed by atoms with E-state index in [0.29, 0.717) is 22.7 Å². The van der Waals surface area contributed by atoms with E-state index in [1.54, 1.807) is 16.9 Å². The Bertz CT molecular complexity index is 659. The van der Waals surface area contributed by atoms with E-state index in [4.69, 9.17) is 23.8 Å². The van der Waals surface area contributed by atoms with Crippen LogP contribution in [0.4, 0.5) is 10.1 Å². The van der Waals surface area contributed by atoms with Crippen molar-refractivity contribution in [1.82, 2.24) is 15.1 Å². The summed E-state index contributed by atoms with van der Waals surface area (Å²) in [6.45, 7) is 4.62. The molecule has 0 fully saturated rings. The third kappa shape index (κ3) is 4.68. The number of halogens is 2. The topological polar surface area (TPSA) is 41.9 Å². The average molecular weight is 341 g/mol. The Labute approximate surface area is 139 Å². The first-order valence-corrected chi connectivity index (χ1v) is 7.80. The third-order valence-corrected chi connectivity index (χ3v) is 3.80. The van der Waals surface area contributed by atoms with Crippen molar-refractivity contribution < 1.29 is 4.39 Å². The molecule has 1 heterocycles. The SMILES string of the molecule is CCC(C)NC(=S)Nc1cnn(Cc2ccc(F)cc2Cl)c1. The first-order valence-electron chi connectivity index (χ1n) is 7.02. The second kappa shape index (κ2) is 7.56. The van der Waals surface area contributed by atoms with Crippen LogP contribution in [0.2, 0.25) is 5.02 Å². The molecule has 0 saturated heterocycles. The molecule has 0 amide bonds. The Hall–Kier alpha value is -1.66. The smallest absolute Gasteiger partial charge is 0.171 e. The summed E-state index contributed by atoms with van der Waals surface area (Å²) in [5, 5.41) is 11.4. The fraction of sp³-hybridized carbons (Fsp3) is 0.333. The van der Waals surface area contributed by atoms with Crippen LogP contribution in [0.15, 0.2) is 30.6 Å². The minimum Gasteiger partial charge on any atom is -0.360 e. The minimum absolute atomic E-state index is 0.313. The van der Waals surface area contributed by atoms with Crippen LogP contribution in [0.1, 0.15) is 25.8 Å². The highest BCUT2D eigenvalue weighted by atomic mass is 35.5. The molecule has 0 saturated carbocycles. The summed E-state index contributed by atoms with van der Waals surface area (Å²) in [6, 6.07) is 4.65. The van der Waals surface area contributed by atoms with Gasteiger partial charge in [-0.25, -0.2) is 4.39 Å². The summed E-state index contributed by atoms with van der Waals surface area (Å²) in [5.74, 6) is -0.349. The van der Waals surface area contributed by atoms with Gasteiger partial charge in [-0.05, 0) is 43.3 Å². The van der Waals surface area contributed by atoms with Crippen LogP contribution in [-0.2, 0) is 6.54 Å². The summed E-state index contributed by atoms with van der Waals surface area (Å²) < 4.78 is 14.7. The van der Waals surface area contributed by atoms with E-state index < -0.39 is 0 Å². The molecule has 4 nitrogen and oxygen atoms in total. The van der Waals surface area contributed by atoms with E-state index in [0.717, 1.165) is 17.7 Å². The number of nitrogens with zero attached hydrogens (tertiary/aromatic N) is 2. The molecule has 0 aliphatic heterocycles. The van der Waals surface area contributed by atoms with E-state index in [-0.39, 0.29) is 5.82 Å². The largest absolute Gasteiger partial charge is 0.360 e. The first-order chi connectivity index (χ1) is 10.5. The van der Waals surface area contributed by atoms with Gasteiger partial charge >= 0.3 is 0 Å². The lowest BCUT2D eigenvalue weighted by atomic mass is 10.2. The lowest BCUT2D eigenvalue weighted by molar-refractivity contribution is 0.624. The zero-order valence-electron chi connectivity index (χ0n) is 12.4. The monoisotopic (exact) mass is 340 g/mol. The molecular formula is C15H18ClFN4S. The molecule has 2 aromatic rings. The van der Waals surface area contributed by atoms with Crippen molar-refractivity contribution in [3.05, 3.63) is 47.0 Å². The van der Waals surface area contributed by atoms with Crippen molar-refractivity contribution >= 4 is 34.6 Å². The van der Waals surface area contributed by atoms with Crippen molar-refractivity contribution in [2.45, 2.75) is 32.9 Å². The lowest BCUT2D eigenvalue weighted by Crippen LogP contribution is -2.35. The van der Waals surface area contributed by atoms with Crippen LogP contribution in [0.25, 0.3) is 0 Å². The number of hydrogen-bond donors (Lipinski definition) is 2. The molecule has 0 bridgehead atoms. The lowest BCUT2D eigenvalue weighted by Gasteiger charge is -2.14. The van der Waals surface area contributed by atoms with Crippen molar-refractivity contribution in [3.63, 3.8) is 0 Å². The Kier molecular flexibility index (Phi) is 5.74. The molecule has 2 N–H and O–H groups in total. The summed E-state index contributed by atoms with van der Waals surface area (Å²) in [6.07, 6.45) is 4.50. The molecule has 7 heteroatoms. The summed E-state index contributed by atoms with van der Waals surface area (Å²) in [5.41, 5.74) is 1.59. The van der Waals surface area contributed by atoms with Crippen molar-refractivity contribution in [2.24, 2.45) is 0 Å². The molecule has 0 radical (unpaired) electrons. The third-order valence-electron chi connectivity index (χ3n) is 3.23. The van der Waals surface area contributed by atoms with E-state index >= 15 is 0 Å². The minimum atomic E-state index is -0.349. The number of thiocarbonyl (C=S) groups is 1. The maximum Gasteiger partial charge on any atom is 0.171 e. The van der Waals surface area contributed by atoms with E-state index in [1.165, 1.54) is 12.1 Å². The standard InChI is InChI=1S/C15H18ClFN4S/c1-3-10(2)19-15(22)20-13-7-18-21(9-13)8-11-4-5-12(17)6-14(11)16/h4-7,9-10H,3,8H2,1-2H3,(H2,19,20,22). The number of nitrogens with one attached hydrogen (secondary N) is 2. The molecule has 1 aromatic carbocycles. The number of anilines is 1. The number of aromatic nitrogens is 2. The highest BCUT2D eigenvalue weighted by Gasteiger charge is 2.06. The zero-order chi connectivity index (χ0) is 16.1. The van der Waals surface area contributed by atoms with Gasteiger partial charge in [-0.3, -0.25) is 4.68 Å². The van der Waals surface area contributed by atoms with Gasteiger partial charge in [0.2, 0.25) is 0 Å². The average Bonchev–Trinajstić information content (AvgIpc) is 2.88. The molecule has 1 unspecified atom stereocenters. The molecule has 0 aliphatic carbocycles. The molecule has 0 aliphatic rings.